The van der Waals surface area contributed by atoms with Gasteiger partial charge in [-0.15, -0.1) is 11.3 Å². The first-order chi connectivity index (χ1) is 9.73. The van der Waals surface area contributed by atoms with Crippen molar-refractivity contribution in [2.75, 3.05) is 5.32 Å². The quantitative estimate of drug-likeness (QED) is 0.671. The second kappa shape index (κ2) is 6.12. The lowest BCUT2D eigenvalue weighted by atomic mass is 9.90. The topological polar surface area (TPSA) is 62.2 Å². The molecule has 0 bridgehead atoms. The highest BCUT2D eigenvalue weighted by atomic mass is 79.9. The maximum Gasteiger partial charge on any atom is 0.315 e. The third-order valence-electron chi connectivity index (χ3n) is 2.96. The first-order valence-corrected chi connectivity index (χ1v) is 8.26. The van der Waals surface area contributed by atoms with E-state index in [1.54, 1.807) is 31.4 Å². The zero-order chi connectivity index (χ0) is 15.8. The van der Waals surface area contributed by atoms with E-state index in [0.29, 0.717) is 31.0 Å². The number of halogens is 3. The average Bonchev–Trinajstić information content (AvgIpc) is 2.88. The van der Waals surface area contributed by atoms with Crippen LogP contribution < -0.4 is 5.32 Å². The van der Waals surface area contributed by atoms with Gasteiger partial charge in [0.25, 0.3) is 0 Å². The van der Waals surface area contributed by atoms with Gasteiger partial charge in [-0.1, -0.05) is 23.2 Å². The monoisotopic (exact) mass is 408 g/mol. The molecule has 0 atom stereocenters. The maximum absolute atomic E-state index is 11.2. The van der Waals surface area contributed by atoms with E-state index in [0.717, 1.165) is 0 Å². The number of thiazole rings is 1. The van der Waals surface area contributed by atoms with Crippen molar-refractivity contribution >= 4 is 67.3 Å². The molecule has 0 aliphatic rings. The van der Waals surface area contributed by atoms with Crippen molar-refractivity contribution in [1.82, 2.24) is 4.98 Å². The fourth-order valence-electron chi connectivity index (χ4n) is 1.47. The number of aromatic nitrogens is 1. The van der Waals surface area contributed by atoms with Gasteiger partial charge in [-0.05, 0) is 41.9 Å². The summed E-state index contributed by atoms with van der Waals surface area (Å²) >= 11 is 16.8. The molecular formula is C13H11BrCl2N2O2S. The van der Waals surface area contributed by atoms with Gasteiger partial charge in [0, 0.05) is 9.85 Å². The summed E-state index contributed by atoms with van der Waals surface area (Å²) in [6, 6.07) is 3.54. The summed E-state index contributed by atoms with van der Waals surface area (Å²) in [5.41, 5.74) is 0.0538. The third kappa shape index (κ3) is 3.34. The lowest BCUT2D eigenvalue weighted by Gasteiger charge is -2.15. The number of nitrogens with one attached hydrogen (secondary N) is 1. The Morgan fingerprint density at radius 2 is 2.05 bits per heavy atom. The average molecular weight is 410 g/mol. The van der Waals surface area contributed by atoms with Crippen LogP contribution in [0.5, 0.6) is 0 Å². The third-order valence-corrected chi connectivity index (χ3v) is 5.48. The first kappa shape index (κ1) is 16.5. The van der Waals surface area contributed by atoms with Crippen LogP contribution in [0.15, 0.2) is 22.0 Å². The molecule has 2 aromatic rings. The molecule has 0 saturated heterocycles. The predicted molar refractivity (Wildman–Crippen MR) is 90.2 cm³/mol. The van der Waals surface area contributed by atoms with Crippen LogP contribution >= 0.6 is 50.5 Å². The molecule has 0 aliphatic heterocycles. The van der Waals surface area contributed by atoms with Crippen LogP contribution in [0.4, 0.5) is 10.8 Å². The van der Waals surface area contributed by atoms with E-state index >= 15 is 0 Å². The van der Waals surface area contributed by atoms with E-state index < -0.39 is 11.4 Å². The Balaban J connectivity index is 2.29. The molecule has 0 unspecified atom stereocenters. The van der Waals surface area contributed by atoms with Gasteiger partial charge in [-0.25, -0.2) is 4.98 Å². The van der Waals surface area contributed by atoms with Gasteiger partial charge in [0.15, 0.2) is 5.13 Å². The van der Waals surface area contributed by atoms with Gasteiger partial charge < -0.3 is 10.4 Å². The lowest BCUT2D eigenvalue weighted by Crippen LogP contribution is -2.28. The highest BCUT2D eigenvalue weighted by Gasteiger charge is 2.32. The van der Waals surface area contributed by atoms with Gasteiger partial charge in [0.2, 0.25) is 0 Å². The Kier molecular flexibility index (Phi) is 4.82. The molecule has 2 N–H and O–H groups in total. The van der Waals surface area contributed by atoms with Crippen LogP contribution in [0, 0.1) is 0 Å². The van der Waals surface area contributed by atoms with Crippen LogP contribution in [0.3, 0.4) is 0 Å². The Morgan fingerprint density at radius 1 is 1.38 bits per heavy atom. The zero-order valence-electron chi connectivity index (χ0n) is 11.1. The smallest absolute Gasteiger partial charge is 0.315 e. The number of nitrogens with zero attached hydrogens (tertiary/aromatic N) is 1. The summed E-state index contributed by atoms with van der Waals surface area (Å²) in [7, 11) is 0. The van der Waals surface area contributed by atoms with Gasteiger partial charge >= 0.3 is 5.97 Å². The van der Waals surface area contributed by atoms with Crippen molar-refractivity contribution < 1.29 is 9.90 Å². The van der Waals surface area contributed by atoms with Crippen molar-refractivity contribution in [3.63, 3.8) is 0 Å². The lowest BCUT2D eigenvalue weighted by molar-refractivity contribution is -0.142. The molecule has 0 amide bonds. The number of benzene rings is 1. The maximum atomic E-state index is 11.2. The minimum atomic E-state index is -1.04. The van der Waals surface area contributed by atoms with Crippen molar-refractivity contribution in [1.29, 1.82) is 0 Å². The number of carbonyl (C=O) groups is 1. The van der Waals surface area contributed by atoms with Crippen LogP contribution in [-0.4, -0.2) is 16.1 Å². The summed E-state index contributed by atoms with van der Waals surface area (Å²) in [6.07, 6.45) is 0. The standard InChI is InChI=1S/C13H11BrCl2N2O2S/c1-13(2,11(19)20)8-5-21-12(18-8)17-7-4-3-6(14)9(15)10(7)16/h3-5H,1-2H3,(H,17,18)(H,19,20). The van der Waals surface area contributed by atoms with Crippen LogP contribution in [-0.2, 0) is 10.2 Å². The molecule has 0 radical (unpaired) electrons. The highest BCUT2D eigenvalue weighted by Crippen LogP contribution is 2.38. The molecule has 1 aromatic carbocycles. The molecule has 112 valence electrons. The van der Waals surface area contributed by atoms with Crippen LogP contribution in [0.2, 0.25) is 10.0 Å². The normalized spacial score (nSPS) is 11.5. The zero-order valence-corrected chi connectivity index (χ0v) is 15.0. The predicted octanol–water partition coefficient (Wildman–Crippen LogP) is 5.32. The molecule has 8 heteroatoms. The van der Waals surface area contributed by atoms with Crippen molar-refractivity contribution in [2.24, 2.45) is 0 Å². The van der Waals surface area contributed by atoms with E-state index in [-0.39, 0.29) is 0 Å². The molecule has 21 heavy (non-hydrogen) atoms. The second-order valence-electron chi connectivity index (χ2n) is 4.82. The van der Waals surface area contributed by atoms with Crippen LogP contribution in [0.1, 0.15) is 19.5 Å². The summed E-state index contributed by atoms with van der Waals surface area (Å²) in [6.45, 7) is 3.22. The number of anilines is 2. The Bertz CT molecular complexity index is 703. The Labute approximate surface area is 144 Å². The van der Waals surface area contributed by atoms with Crippen molar-refractivity contribution in [3.05, 3.63) is 37.7 Å². The SMILES string of the molecule is CC(C)(C(=O)O)c1csc(Nc2ccc(Br)c(Cl)c2Cl)n1. The number of carboxylic acid groups (broad SMARTS) is 1. The number of aliphatic carboxylic acids is 1. The minimum Gasteiger partial charge on any atom is -0.481 e. The van der Waals surface area contributed by atoms with E-state index in [2.05, 4.69) is 26.2 Å². The van der Waals surface area contributed by atoms with Crippen LogP contribution in [0.25, 0.3) is 0 Å². The summed E-state index contributed by atoms with van der Waals surface area (Å²) in [5.74, 6) is -0.927. The van der Waals surface area contributed by atoms with E-state index in [4.69, 9.17) is 23.2 Å². The molecule has 0 fully saturated rings. The first-order valence-electron chi connectivity index (χ1n) is 5.83. The fraction of sp³-hybridized carbons (Fsp3) is 0.231. The van der Waals surface area contributed by atoms with E-state index in [1.807, 2.05) is 0 Å². The van der Waals surface area contributed by atoms with E-state index in [9.17, 15) is 9.90 Å². The highest BCUT2D eigenvalue weighted by molar-refractivity contribution is 9.10. The fourth-order valence-corrected chi connectivity index (χ4v) is 3.18. The summed E-state index contributed by atoms with van der Waals surface area (Å²) in [4.78, 5) is 15.5. The van der Waals surface area contributed by atoms with E-state index in [1.165, 1.54) is 11.3 Å². The molecule has 0 saturated carbocycles. The Hall–Kier alpha value is -0.820. The summed E-state index contributed by atoms with van der Waals surface area (Å²) < 4.78 is 0.701. The number of carboxylic acids is 1. The molecule has 2 rings (SSSR count). The molecular weight excluding hydrogens is 399 g/mol. The van der Waals surface area contributed by atoms with Gasteiger partial charge in [0.05, 0.1) is 21.4 Å². The van der Waals surface area contributed by atoms with Gasteiger partial charge in [-0.2, -0.15) is 0 Å². The molecule has 0 spiro atoms. The van der Waals surface area contributed by atoms with Gasteiger partial charge in [0.1, 0.15) is 5.41 Å². The van der Waals surface area contributed by atoms with Crippen molar-refractivity contribution in [2.45, 2.75) is 19.3 Å². The summed E-state index contributed by atoms with van der Waals surface area (Å²) in [5, 5.41) is 15.3. The molecule has 0 aliphatic carbocycles. The number of hydrogen-bond acceptors (Lipinski definition) is 4. The second-order valence-corrected chi connectivity index (χ2v) is 7.28. The molecule has 4 nitrogen and oxygen atoms in total. The largest absolute Gasteiger partial charge is 0.481 e. The Morgan fingerprint density at radius 3 is 2.67 bits per heavy atom. The number of rotatable bonds is 4. The molecule has 1 heterocycles. The minimum absolute atomic E-state index is 0.375. The molecule has 1 aromatic heterocycles. The number of hydrogen-bond donors (Lipinski definition) is 2. The van der Waals surface area contributed by atoms with Gasteiger partial charge in [-0.3, -0.25) is 4.79 Å². The van der Waals surface area contributed by atoms with Crippen molar-refractivity contribution in [3.8, 4) is 0 Å².